The number of aliphatic hydroxyl groups is 1. The fraction of sp³-hybridized carbons (Fsp3) is 0.462. The Morgan fingerprint density at radius 1 is 1.12 bits per heavy atom. The number of amides is 2. The molecule has 12 nitrogen and oxygen atoms in total. The fourth-order valence-electron chi connectivity index (χ4n) is 5.12. The molecule has 0 saturated carbocycles. The fourth-order valence-corrected chi connectivity index (χ4v) is 5.12. The van der Waals surface area contributed by atoms with Gasteiger partial charge in [-0.05, 0) is 32.9 Å². The van der Waals surface area contributed by atoms with Gasteiger partial charge in [0.15, 0.2) is 23.0 Å². The average Bonchev–Trinajstić information content (AvgIpc) is 3.37. The maximum atomic E-state index is 13.8. The third-order valence-corrected chi connectivity index (χ3v) is 7.40. The van der Waals surface area contributed by atoms with E-state index in [0.29, 0.717) is 37.9 Å². The molecule has 212 valence electrons. The maximum absolute atomic E-state index is 13.8. The van der Waals surface area contributed by atoms with E-state index in [0.717, 1.165) is 12.1 Å². The van der Waals surface area contributed by atoms with Gasteiger partial charge >= 0.3 is 0 Å². The number of hydrogen-bond donors (Lipinski definition) is 2. The molecular formula is C26H30F2N8O4. The molecule has 0 radical (unpaired) electrons. The summed E-state index contributed by atoms with van der Waals surface area (Å²) < 4.78 is 33.9. The summed E-state index contributed by atoms with van der Waals surface area (Å²) in [5.41, 5.74) is -1.46. The molecular weight excluding hydrogens is 526 g/mol. The molecule has 40 heavy (non-hydrogen) atoms. The van der Waals surface area contributed by atoms with Crippen LogP contribution in [0, 0.1) is 11.6 Å². The number of fused-ring (bicyclic) bond motifs is 1. The summed E-state index contributed by atoms with van der Waals surface area (Å²) in [5, 5.41) is 21.8. The molecule has 4 heterocycles. The summed E-state index contributed by atoms with van der Waals surface area (Å²) in [5.74, 6) is -2.33. The molecule has 1 aromatic carbocycles. The Hall–Kier alpha value is -4.04. The van der Waals surface area contributed by atoms with Crippen LogP contribution in [-0.2, 0) is 22.6 Å². The lowest BCUT2D eigenvalue weighted by Gasteiger charge is -2.50. The van der Waals surface area contributed by atoms with Crippen LogP contribution in [0.3, 0.4) is 0 Å². The van der Waals surface area contributed by atoms with Gasteiger partial charge in [-0.15, -0.1) is 5.10 Å². The van der Waals surface area contributed by atoms with Gasteiger partial charge < -0.3 is 20.1 Å². The Morgan fingerprint density at radius 2 is 1.93 bits per heavy atom. The van der Waals surface area contributed by atoms with Crippen molar-refractivity contribution in [2.75, 3.05) is 25.0 Å². The summed E-state index contributed by atoms with van der Waals surface area (Å²) in [7, 11) is 0. The lowest BCUT2D eigenvalue weighted by Crippen LogP contribution is -2.67. The van der Waals surface area contributed by atoms with Gasteiger partial charge in [0.1, 0.15) is 5.82 Å². The molecule has 2 aliphatic rings. The molecule has 0 bridgehead atoms. The second-order valence-corrected chi connectivity index (χ2v) is 10.7. The molecule has 2 aromatic heterocycles. The molecule has 2 N–H and O–H groups in total. The topological polar surface area (TPSA) is 139 Å². The highest BCUT2D eigenvalue weighted by molar-refractivity contribution is 5.93. The summed E-state index contributed by atoms with van der Waals surface area (Å²) in [6, 6.07) is 2.34. The molecule has 2 atom stereocenters. The van der Waals surface area contributed by atoms with E-state index in [1.807, 2.05) is 18.7 Å². The van der Waals surface area contributed by atoms with Crippen LogP contribution in [0.2, 0.25) is 0 Å². The molecule has 2 aliphatic heterocycles. The Kier molecular flexibility index (Phi) is 7.23. The largest absolute Gasteiger partial charge is 0.434 e. The lowest BCUT2D eigenvalue weighted by atomic mass is 9.86. The van der Waals surface area contributed by atoms with Crippen LogP contribution in [0.4, 0.5) is 14.6 Å². The van der Waals surface area contributed by atoms with Crippen molar-refractivity contribution < 1.29 is 28.2 Å². The van der Waals surface area contributed by atoms with Crippen molar-refractivity contribution in [1.29, 1.82) is 0 Å². The van der Waals surface area contributed by atoms with Gasteiger partial charge in [-0.25, -0.2) is 23.4 Å². The number of ether oxygens (including phenoxy) is 1. The van der Waals surface area contributed by atoms with Gasteiger partial charge in [0.25, 0.3) is 5.91 Å². The first-order valence-corrected chi connectivity index (χ1v) is 12.9. The Bertz CT molecular complexity index is 1420. The number of halogens is 2. The predicted molar refractivity (Wildman–Crippen MR) is 137 cm³/mol. The van der Waals surface area contributed by atoms with E-state index in [9.17, 15) is 23.5 Å². The minimum absolute atomic E-state index is 0.0283. The third kappa shape index (κ3) is 5.49. The van der Waals surface area contributed by atoms with Crippen molar-refractivity contribution in [2.24, 2.45) is 0 Å². The third-order valence-electron chi connectivity index (χ3n) is 7.40. The first-order chi connectivity index (χ1) is 18.9. The van der Waals surface area contributed by atoms with Crippen LogP contribution in [0.25, 0.3) is 0 Å². The monoisotopic (exact) mass is 556 g/mol. The highest BCUT2D eigenvalue weighted by atomic mass is 19.1. The van der Waals surface area contributed by atoms with E-state index in [4.69, 9.17) is 4.74 Å². The average molecular weight is 557 g/mol. The van der Waals surface area contributed by atoms with Crippen molar-refractivity contribution >= 4 is 17.6 Å². The van der Waals surface area contributed by atoms with E-state index in [2.05, 4.69) is 25.6 Å². The quantitative estimate of drug-likeness (QED) is 0.465. The van der Waals surface area contributed by atoms with Crippen molar-refractivity contribution in [1.82, 2.24) is 34.8 Å². The molecule has 1 saturated heterocycles. The SMILES string of the molecule is C[C@@H](C(=O)Nc1cnc(Oc2ccc(F)cc2F)cn1)N1CCN(C(=O)C2(O)CCn3nncc3C2)C(C)(C)C1. The van der Waals surface area contributed by atoms with Gasteiger partial charge in [0.05, 0.1) is 35.9 Å². The molecule has 5 rings (SSSR count). The van der Waals surface area contributed by atoms with Crippen molar-refractivity contribution in [2.45, 2.75) is 57.3 Å². The van der Waals surface area contributed by atoms with Crippen LogP contribution in [-0.4, -0.2) is 88.5 Å². The second-order valence-electron chi connectivity index (χ2n) is 10.7. The van der Waals surface area contributed by atoms with E-state index < -0.39 is 28.8 Å². The van der Waals surface area contributed by atoms with Gasteiger partial charge in [-0.2, -0.15) is 0 Å². The summed E-state index contributed by atoms with van der Waals surface area (Å²) in [6.07, 6.45) is 4.46. The minimum atomic E-state index is -1.53. The number of anilines is 1. The van der Waals surface area contributed by atoms with Crippen LogP contribution < -0.4 is 10.1 Å². The maximum Gasteiger partial charge on any atom is 0.255 e. The smallest absolute Gasteiger partial charge is 0.255 e. The number of nitrogens with one attached hydrogen (secondary N) is 1. The number of piperazine rings is 1. The highest BCUT2D eigenvalue weighted by Crippen LogP contribution is 2.31. The zero-order valence-corrected chi connectivity index (χ0v) is 22.3. The van der Waals surface area contributed by atoms with Crippen molar-refractivity contribution in [3.05, 3.63) is 54.1 Å². The molecule has 2 amide bonds. The predicted octanol–water partition coefficient (Wildman–Crippen LogP) is 1.77. The van der Waals surface area contributed by atoms with Gasteiger partial charge in [0.2, 0.25) is 11.8 Å². The number of hydrogen-bond acceptors (Lipinski definition) is 9. The van der Waals surface area contributed by atoms with E-state index in [1.165, 1.54) is 12.4 Å². The number of carbonyl (C=O) groups is 2. The first kappa shape index (κ1) is 27.5. The van der Waals surface area contributed by atoms with E-state index in [1.54, 1.807) is 22.7 Å². The molecule has 3 aromatic rings. The molecule has 0 spiro atoms. The molecule has 1 fully saturated rings. The second kappa shape index (κ2) is 10.5. The Morgan fingerprint density at radius 3 is 2.62 bits per heavy atom. The summed E-state index contributed by atoms with van der Waals surface area (Å²) in [6.45, 7) is 7.17. The number of aromatic nitrogens is 5. The van der Waals surface area contributed by atoms with Crippen LogP contribution in [0.1, 0.15) is 32.9 Å². The summed E-state index contributed by atoms with van der Waals surface area (Å²) in [4.78, 5) is 38.3. The zero-order chi connectivity index (χ0) is 28.7. The molecule has 0 aliphatic carbocycles. The van der Waals surface area contributed by atoms with E-state index in [-0.39, 0.29) is 42.1 Å². The van der Waals surface area contributed by atoms with Crippen molar-refractivity contribution in [3.8, 4) is 11.6 Å². The van der Waals surface area contributed by atoms with Gasteiger partial charge in [-0.1, -0.05) is 5.21 Å². The van der Waals surface area contributed by atoms with E-state index >= 15 is 0 Å². The van der Waals surface area contributed by atoms with Crippen molar-refractivity contribution in [3.63, 3.8) is 0 Å². The normalized spacial score (nSPS) is 21.4. The van der Waals surface area contributed by atoms with Crippen LogP contribution >= 0.6 is 0 Å². The minimum Gasteiger partial charge on any atom is -0.434 e. The Labute approximate surface area is 229 Å². The van der Waals surface area contributed by atoms with Crippen LogP contribution in [0.15, 0.2) is 36.8 Å². The zero-order valence-electron chi connectivity index (χ0n) is 22.3. The highest BCUT2D eigenvalue weighted by Gasteiger charge is 2.48. The lowest BCUT2D eigenvalue weighted by molar-refractivity contribution is -0.164. The van der Waals surface area contributed by atoms with Gasteiger partial charge in [-0.3, -0.25) is 14.5 Å². The molecule has 14 heteroatoms. The number of aryl methyl sites for hydroxylation is 1. The standard InChI is InChI=1S/C26H30F2N8O4/c1-16(23(37)32-21-13-30-22(14-29-21)40-20-5-4-17(27)10-19(20)28)34-8-9-35(25(2,3)15-34)24(38)26(39)6-7-36-18(11-26)12-31-33-36/h4-5,10,12-14,16,39H,6-9,11,15H2,1-3H3,(H,29,32,37)/t16-,26?/m0/s1. The molecule has 1 unspecified atom stereocenters. The summed E-state index contributed by atoms with van der Waals surface area (Å²) >= 11 is 0. The number of rotatable bonds is 6. The van der Waals surface area contributed by atoms with Gasteiger partial charge in [0, 0.05) is 45.1 Å². The number of nitrogens with zero attached hydrogens (tertiary/aromatic N) is 7. The first-order valence-electron chi connectivity index (χ1n) is 12.9. The number of benzene rings is 1. The number of carbonyl (C=O) groups excluding carboxylic acids is 2. The van der Waals surface area contributed by atoms with Crippen LogP contribution in [0.5, 0.6) is 11.6 Å². The Balaban J connectivity index is 1.18.